The Morgan fingerprint density at radius 2 is 2.03 bits per heavy atom. The van der Waals surface area contributed by atoms with Gasteiger partial charge in [-0.2, -0.15) is 0 Å². The molecular weight excluding hydrogens is 406 g/mol. The Hall–Kier alpha value is -2.15. The van der Waals surface area contributed by atoms with Gasteiger partial charge in [0.25, 0.3) is 0 Å². The molecule has 3 N–H and O–H groups in total. The number of hydrogen-bond acceptors (Lipinski definition) is 5. The number of fused-ring (bicyclic) bond motifs is 1. The molecule has 1 fully saturated rings. The summed E-state index contributed by atoms with van der Waals surface area (Å²) in [6.07, 6.45) is 10.1. The monoisotopic (exact) mass is 445 g/mol. The minimum absolute atomic E-state index is 0.152. The fraction of sp³-hybridized carbons (Fsp3) is 0.720. The van der Waals surface area contributed by atoms with Crippen molar-refractivity contribution in [2.75, 3.05) is 18.5 Å². The van der Waals surface area contributed by atoms with Crippen molar-refractivity contribution in [2.24, 2.45) is 5.92 Å². The molecule has 2 unspecified atom stereocenters. The Kier molecular flexibility index (Phi) is 8.91. The molecule has 1 aromatic rings. The maximum absolute atomic E-state index is 12.6. The van der Waals surface area contributed by atoms with E-state index in [9.17, 15) is 14.7 Å². The van der Waals surface area contributed by atoms with E-state index in [1.54, 1.807) is 0 Å². The van der Waals surface area contributed by atoms with E-state index in [0.717, 1.165) is 63.0 Å². The zero-order valence-electron chi connectivity index (χ0n) is 19.6. The van der Waals surface area contributed by atoms with Crippen LogP contribution >= 0.6 is 0 Å². The second-order valence-electron chi connectivity index (χ2n) is 9.84. The van der Waals surface area contributed by atoms with Gasteiger partial charge in [-0.25, -0.2) is 9.78 Å². The highest BCUT2D eigenvalue weighted by Crippen LogP contribution is 2.28. The Labute approximate surface area is 191 Å². The van der Waals surface area contributed by atoms with Gasteiger partial charge in [0.05, 0.1) is 5.60 Å². The lowest BCUT2D eigenvalue weighted by molar-refractivity contribution is -0.145. The van der Waals surface area contributed by atoms with Crippen LogP contribution < -0.4 is 10.6 Å². The average Bonchev–Trinajstić information content (AvgIpc) is 2.76. The number of hydrogen-bond donors (Lipinski definition) is 3. The minimum atomic E-state index is -0.947. The van der Waals surface area contributed by atoms with E-state index in [0.29, 0.717) is 25.9 Å². The molecule has 178 valence electrons. The fourth-order valence-electron chi connectivity index (χ4n) is 4.70. The third-order valence-corrected chi connectivity index (χ3v) is 6.56. The quantitative estimate of drug-likeness (QED) is 0.444. The summed E-state index contributed by atoms with van der Waals surface area (Å²) in [5, 5.41) is 15.7. The average molecular weight is 446 g/mol. The first-order valence-corrected chi connectivity index (χ1v) is 12.2. The Morgan fingerprint density at radius 3 is 2.81 bits per heavy atom. The van der Waals surface area contributed by atoms with E-state index < -0.39 is 12.0 Å². The minimum Gasteiger partial charge on any atom is -0.480 e. The molecule has 0 saturated carbocycles. The third kappa shape index (κ3) is 7.47. The number of carboxylic acid groups (broad SMARTS) is 1. The zero-order valence-corrected chi connectivity index (χ0v) is 19.6. The summed E-state index contributed by atoms with van der Waals surface area (Å²) in [7, 11) is 0. The number of unbranched alkanes of at least 4 members (excludes halogenated alkanes) is 4. The van der Waals surface area contributed by atoms with E-state index >= 15 is 0 Å². The number of nitrogens with one attached hydrogen (secondary N) is 2. The molecule has 0 aliphatic carbocycles. The lowest BCUT2D eigenvalue weighted by Crippen LogP contribution is -2.47. The zero-order chi connectivity index (χ0) is 23.0. The van der Waals surface area contributed by atoms with Gasteiger partial charge in [-0.3, -0.25) is 4.79 Å². The lowest BCUT2D eigenvalue weighted by Gasteiger charge is -2.35. The summed E-state index contributed by atoms with van der Waals surface area (Å²) >= 11 is 0. The number of carboxylic acids is 1. The number of anilines is 1. The largest absolute Gasteiger partial charge is 0.480 e. The summed E-state index contributed by atoms with van der Waals surface area (Å²) in [5.74, 6) is -0.217. The molecule has 1 aromatic heterocycles. The smallest absolute Gasteiger partial charge is 0.326 e. The molecule has 0 bridgehead atoms. The molecule has 0 spiro atoms. The van der Waals surface area contributed by atoms with E-state index in [2.05, 4.69) is 22.8 Å². The third-order valence-electron chi connectivity index (χ3n) is 6.56. The fourth-order valence-corrected chi connectivity index (χ4v) is 4.70. The van der Waals surface area contributed by atoms with E-state index in [1.807, 2.05) is 13.8 Å². The summed E-state index contributed by atoms with van der Waals surface area (Å²) < 4.78 is 5.66. The number of pyridine rings is 1. The van der Waals surface area contributed by atoms with Crippen LogP contribution in [-0.2, 0) is 27.2 Å². The number of aryl methyl sites for hydroxylation is 2. The van der Waals surface area contributed by atoms with Crippen LogP contribution in [0, 0.1) is 5.92 Å². The summed E-state index contributed by atoms with van der Waals surface area (Å²) in [5.41, 5.74) is 2.13. The number of amides is 1. The van der Waals surface area contributed by atoms with Gasteiger partial charge in [0.15, 0.2) is 0 Å². The van der Waals surface area contributed by atoms with Gasteiger partial charge < -0.3 is 20.5 Å². The number of nitrogens with zero attached hydrogens (tertiary/aromatic N) is 1. The van der Waals surface area contributed by atoms with Crippen LogP contribution in [0.25, 0.3) is 0 Å². The van der Waals surface area contributed by atoms with Crippen LogP contribution in [0.3, 0.4) is 0 Å². The number of ether oxygens (including phenoxy) is 1. The maximum Gasteiger partial charge on any atom is 0.326 e. The molecule has 0 aromatic carbocycles. The highest BCUT2D eigenvalue weighted by Gasteiger charge is 2.34. The lowest BCUT2D eigenvalue weighted by atomic mass is 9.87. The molecule has 0 radical (unpaired) electrons. The molecule has 7 heteroatoms. The standard InChI is InChI=1S/C25H39N3O4/c1-25(2)17-19(14-16-32-25)23(29)28-21(24(30)31)11-7-5-3-4-6-10-20-13-12-18-9-8-15-26-22(18)27-20/h12-13,19,21H,3-11,14-17H2,1-2H3,(H,26,27)(H,28,29)(H,30,31). The van der Waals surface area contributed by atoms with Crippen molar-refractivity contribution >= 4 is 17.7 Å². The van der Waals surface area contributed by atoms with Gasteiger partial charge in [-0.1, -0.05) is 31.7 Å². The molecular formula is C25H39N3O4. The molecule has 2 atom stereocenters. The molecule has 2 aliphatic rings. The van der Waals surface area contributed by atoms with E-state index in [1.165, 1.54) is 12.0 Å². The molecule has 3 rings (SSSR count). The van der Waals surface area contributed by atoms with Crippen molar-refractivity contribution in [1.82, 2.24) is 10.3 Å². The van der Waals surface area contributed by atoms with Gasteiger partial charge in [0.2, 0.25) is 5.91 Å². The van der Waals surface area contributed by atoms with Gasteiger partial charge in [-0.05, 0) is 70.4 Å². The molecule has 1 amide bonds. The van der Waals surface area contributed by atoms with E-state index in [4.69, 9.17) is 9.72 Å². The second-order valence-corrected chi connectivity index (χ2v) is 9.84. The predicted molar refractivity (Wildman–Crippen MR) is 125 cm³/mol. The van der Waals surface area contributed by atoms with Gasteiger partial charge in [0.1, 0.15) is 11.9 Å². The normalized spacial score (nSPS) is 20.6. The number of carbonyl (C=O) groups excluding carboxylic acids is 1. The molecule has 32 heavy (non-hydrogen) atoms. The molecule has 1 saturated heterocycles. The van der Waals surface area contributed by atoms with Crippen molar-refractivity contribution in [1.29, 1.82) is 0 Å². The first-order valence-electron chi connectivity index (χ1n) is 12.2. The first-order chi connectivity index (χ1) is 15.3. The van der Waals surface area contributed by atoms with Crippen molar-refractivity contribution < 1.29 is 19.4 Å². The van der Waals surface area contributed by atoms with Crippen LogP contribution in [0.15, 0.2) is 12.1 Å². The van der Waals surface area contributed by atoms with Gasteiger partial charge in [0, 0.05) is 24.8 Å². The molecule has 7 nitrogen and oxygen atoms in total. The van der Waals surface area contributed by atoms with Gasteiger partial charge in [-0.15, -0.1) is 0 Å². The van der Waals surface area contributed by atoms with Crippen LogP contribution in [0.4, 0.5) is 5.82 Å². The van der Waals surface area contributed by atoms with E-state index in [-0.39, 0.29) is 17.4 Å². The number of aliphatic carboxylic acids is 1. The maximum atomic E-state index is 12.6. The van der Waals surface area contributed by atoms with Crippen molar-refractivity contribution in [3.05, 3.63) is 23.4 Å². The summed E-state index contributed by atoms with van der Waals surface area (Å²) in [4.78, 5) is 28.9. The summed E-state index contributed by atoms with van der Waals surface area (Å²) in [6.45, 7) is 5.49. The van der Waals surface area contributed by atoms with Crippen LogP contribution in [0.5, 0.6) is 0 Å². The van der Waals surface area contributed by atoms with Crippen molar-refractivity contribution in [3.8, 4) is 0 Å². The SMILES string of the molecule is CC1(C)CC(C(=O)NC(CCCCCCCc2ccc3c(n2)NCCC3)C(=O)O)CCO1. The van der Waals surface area contributed by atoms with Crippen molar-refractivity contribution in [2.45, 2.75) is 96.1 Å². The molecule has 2 aliphatic heterocycles. The predicted octanol–water partition coefficient (Wildman–Crippen LogP) is 4.10. The first kappa shape index (κ1) is 24.5. The number of carbonyl (C=O) groups is 2. The second kappa shape index (κ2) is 11.6. The topological polar surface area (TPSA) is 101 Å². The Balaban J connectivity index is 1.31. The van der Waals surface area contributed by atoms with Crippen LogP contribution in [0.1, 0.15) is 82.9 Å². The van der Waals surface area contributed by atoms with Gasteiger partial charge >= 0.3 is 5.97 Å². The Morgan fingerprint density at radius 1 is 1.25 bits per heavy atom. The number of aromatic nitrogens is 1. The highest BCUT2D eigenvalue weighted by molar-refractivity contribution is 5.85. The Bertz CT molecular complexity index is 780. The van der Waals surface area contributed by atoms with Crippen LogP contribution in [-0.4, -0.2) is 46.8 Å². The van der Waals surface area contributed by atoms with Crippen LogP contribution in [0.2, 0.25) is 0 Å². The number of rotatable bonds is 11. The highest BCUT2D eigenvalue weighted by atomic mass is 16.5. The summed E-state index contributed by atoms with van der Waals surface area (Å²) in [6, 6.07) is 3.54. The molecule has 3 heterocycles. The van der Waals surface area contributed by atoms with Crippen molar-refractivity contribution in [3.63, 3.8) is 0 Å².